The van der Waals surface area contributed by atoms with Crippen LogP contribution in [0, 0.1) is 6.92 Å². The van der Waals surface area contributed by atoms with E-state index in [1.165, 1.54) is 5.69 Å². The van der Waals surface area contributed by atoms with Crippen LogP contribution in [0.5, 0.6) is 0 Å². The molecule has 2 aromatic rings. The average molecular weight is 435 g/mol. The molecule has 0 fully saturated rings. The second-order valence-corrected chi connectivity index (χ2v) is 7.95. The third-order valence-corrected chi connectivity index (χ3v) is 5.81. The van der Waals surface area contributed by atoms with Gasteiger partial charge in [0.1, 0.15) is 0 Å². The maximum absolute atomic E-state index is 5.02. The fourth-order valence-corrected chi connectivity index (χ4v) is 4.12. The number of anilines is 1. The van der Waals surface area contributed by atoms with Crippen molar-refractivity contribution < 1.29 is 0 Å². The van der Waals surface area contributed by atoms with Gasteiger partial charge in [-0.25, -0.2) is 9.98 Å². The summed E-state index contributed by atoms with van der Waals surface area (Å²) in [6, 6.07) is 21.2. The summed E-state index contributed by atoms with van der Waals surface area (Å²) < 4.78 is 2.28. The molecule has 0 amide bonds. The molecule has 2 aliphatic rings. The van der Waals surface area contributed by atoms with Gasteiger partial charge in [-0.05, 0) is 74.9 Å². The second-order valence-electron chi connectivity index (χ2n) is 7.95. The van der Waals surface area contributed by atoms with E-state index in [1.807, 2.05) is 18.2 Å². The molecule has 0 atom stereocenters. The molecule has 0 saturated carbocycles. The third-order valence-electron chi connectivity index (χ3n) is 5.81. The Hall–Kier alpha value is -3.92. The summed E-state index contributed by atoms with van der Waals surface area (Å²) in [4.78, 5) is 12.1. The van der Waals surface area contributed by atoms with Gasteiger partial charge < -0.3 is 9.47 Å². The molecule has 1 aliphatic carbocycles. The van der Waals surface area contributed by atoms with Crippen LogP contribution in [-0.4, -0.2) is 22.6 Å². The molecule has 166 valence electrons. The quantitative estimate of drug-likeness (QED) is 0.248. The van der Waals surface area contributed by atoms with E-state index in [1.54, 1.807) is 6.08 Å². The van der Waals surface area contributed by atoms with Gasteiger partial charge in [0.15, 0.2) is 0 Å². The molecule has 0 unspecified atom stereocenters. The summed E-state index contributed by atoms with van der Waals surface area (Å²) in [7, 11) is 0. The highest BCUT2D eigenvalue weighted by atomic mass is 15.1. The summed E-state index contributed by atoms with van der Waals surface area (Å²) in [6.45, 7) is 16.1. The number of aromatic nitrogens is 2. The van der Waals surface area contributed by atoms with Crippen LogP contribution in [0.1, 0.15) is 19.4 Å². The molecule has 1 aliphatic heterocycles. The van der Waals surface area contributed by atoms with Crippen molar-refractivity contribution in [3.8, 4) is 17.1 Å². The van der Waals surface area contributed by atoms with Crippen molar-refractivity contribution >= 4 is 16.7 Å². The minimum atomic E-state index is 0.682. The number of benzene rings is 3. The molecule has 0 bridgehead atoms. The first kappa shape index (κ1) is 22.3. The van der Waals surface area contributed by atoms with Crippen molar-refractivity contribution in [2.75, 3.05) is 18.0 Å². The van der Waals surface area contributed by atoms with E-state index in [4.69, 9.17) is 9.98 Å². The lowest BCUT2D eigenvalue weighted by Gasteiger charge is -2.24. The van der Waals surface area contributed by atoms with Gasteiger partial charge in [0.2, 0.25) is 0 Å². The lowest BCUT2D eigenvalue weighted by Crippen LogP contribution is -2.22. The van der Waals surface area contributed by atoms with E-state index < -0.39 is 0 Å². The Morgan fingerprint density at radius 2 is 1.82 bits per heavy atom. The van der Waals surface area contributed by atoms with E-state index in [9.17, 15) is 0 Å². The van der Waals surface area contributed by atoms with Gasteiger partial charge in [-0.15, -0.1) is 0 Å². The minimum absolute atomic E-state index is 0.682. The van der Waals surface area contributed by atoms with Crippen LogP contribution in [0.15, 0.2) is 103 Å². The van der Waals surface area contributed by atoms with E-state index in [2.05, 4.69) is 98.0 Å². The van der Waals surface area contributed by atoms with Crippen LogP contribution in [-0.2, 0) is 0 Å². The Bertz CT molecular complexity index is 1370. The van der Waals surface area contributed by atoms with E-state index in [0.717, 1.165) is 52.1 Å². The summed E-state index contributed by atoms with van der Waals surface area (Å²) in [5, 5.41) is 0.881. The first-order valence-corrected chi connectivity index (χ1v) is 11.4. The smallest absolute Gasteiger partial charge is 0.0882 e. The molecule has 0 aromatic heterocycles. The molecule has 0 N–H and O–H groups in total. The lowest BCUT2D eigenvalue weighted by molar-refractivity contribution is 0.866. The molecule has 0 radical (unpaired) electrons. The molecule has 2 aromatic carbocycles. The highest BCUT2D eigenvalue weighted by Gasteiger charge is 2.16. The van der Waals surface area contributed by atoms with Gasteiger partial charge in [0.05, 0.1) is 33.5 Å². The van der Waals surface area contributed by atoms with E-state index in [-0.39, 0.29) is 0 Å². The number of nitrogens with zero attached hydrogens (tertiary/aromatic N) is 4. The molecule has 4 heteroatoms. The molecule has 33 heavy (non-hydrogen) atoms. The summed E-state index contributed by atoms with van der Waals surface area (Å²) in [5.41, 5.74) is 8.00. The number of aryl methyl sites for hydroxylation is 1. The van der Waals surface area contributed by atoms with E-state index in [0.29, 0.717) is 5.70 Å². The molecular formula is C29H30N4. The fourth-order valence-electron chi connectivity index (χ4n) is 4.12. The molecule has 4 nitrogen and oxygen atoms in total. The maximum Gasteiger partial charge on any atom is 0.0882 e. The number of hydrogen-bond acceptors (Lipinski definition) is 3. The Morgan fingerprint density at radius 3 is 2.52 bits per heavy atom. The van der Waals surface area contributed by atoms with Gasteiger partial charge in [0.25, 0.3) is 0 Å². The Kier molecular flexibility index (Phi) is 6.55. The van der Waals surface area contributed by atoms with Crippen molar-refractivity contribution in [1.29, 1.82) is 0 Å². The maximum atomic E-state index is 5.02. The Balaban J connectivity index is 2.07. The normalized spacial score (nSPS) is 12.0. The van der Waals surface area contributed by atoms with E-state index >= 15 is 0 Å². The van der Waals surface area contributed by atoms with Crippen LogP contribution in [0.25, 0.3) is 28.1 Å². The standard InChI is InChI=1S/C29H30N4/c1-6-9-13-22(5)30-26-20-29-27(18-21(26)4)31-25-17-16-24(32(7-2)8-3)19-28(25)33(29)23-14-11-10-12-15-23/h6,9-20H,1,5,7-8H2,2-4H3/b13-9-,30-26?. The third kappa shape index (κ3) is 4.51. The van der Waals surface area contributed by atoms with Crippen molar-refractivity contribution in [2.45, 2.75) is 20.8 Å². The van der Waals surface area contributed by atoms with Crippen LogP contribution < -0.4 is 10.3 Å². The van der Waals surface area contributed by atoms with Crippen LogP contribution in [0.3, 0.4) is 0 Å². The van der Waals surface area contributed by atoms with Gasteiger partial charge >= 0.3 is 0 Å². The van der Waals surface area contributed by atoms with Crippen LogP contribution in [0.2, 0.25) is 0 Å². The SMILES string of the molecule is C=C/C=C\C(=C)N=c1cc2n(-c3ccccc3)c3cc(N(CC)CC)ccc3nc-2cc1C. The number of fused-ring (bicyclic) bond motifs is 2. The number of rotatable bonds is 7. The monoisotopic (exact) mass is 434 g/mol. The summed E-state index contributed by atoms with van der Waals surface area (Å²) in [5.74, 6) is 0. The van der Waals surface area contributed by atoms with Gasteiger partial charge in [-0.1, -0.05) is 43.5 Å². The lowest BCUT2D eigenvalue weighted by atomic mass is 10.1. The predicted octanol–water partition coefficient (Wildman–Crippen LogP) is 6.44. The fraction of sp³-hybridized carbons (Fsp3) is 0.172. The molecular weight excluding hydrogens is 404 g/mol. The van der Waals surface area contributed by atoms with Crippen molar-refractivity contribution in [2.24, 2.45) is 4.99 Å². The average Bonchev–Trinajstić information content (AvgIpc) is 2.83. The van der Waals surface area contributed by atoms with Gasteiger partial charge in [0, 0.05) is 24.5 Å². The van der Waals surface area contributed by atoms with Crippen molar-refractivity contribution in [3.05, 3.63) is 109 Å². The van der Waals surface area contributed by atoms with Crippen LogP contribution >= 0.6 is 0 Å². The van der Waals surface area contributed by atoms with Gasteiger partial charge in [-0.3, -0.25) is 0 Å². The zero-order valence-corrected chi connectivity index (χ0v) is 19.6. The number of para-hydroxylation sites is 1. The zero-order valence-electron chi connectivity index (χ0n) is 19.6. The summed E-state index contributed by atoms with van der Waals surface area (Å²) >= 11 is 0. The molecule has 0 spiro atoms. The Labute approximate surface area is 195 Å². The zero-order chi connectivity index (χ0) is 23.4. The number of hydrogen-bond donors (Lipinski definition) is 0. The highest BCUT2D eigenvalue weighted by Crippen LogP contribution is 2.31. The largest absolute Gasteiger partial charge is 0.372 e. The second kappa shape index (κ2) is 9.70. The summed E-state index contributed by atoms with van der Waals surface area (Å²) in [6.07, 6.45) is 5.42. The Morgan fingerprint density at radius 1 is 1.06 bits per heavy atom. The highest BCUT2D eigenvalue weighted by molar-refractivity contribution is 5.86. The number of allylic oxidation sites excluding steroid dienone is 3. The van der Waals surface area contributed by atoms with Gasteiger partial charge in [-0.2, -0.15) is 0 Å². The van der Waals surface area contributed by atoms with Crippen molar-refractivity contribution in [3.63, 3.8) is 0 Å². The topological polar surface area (TPSA) is 33.4 Å². The molecule has 4 rings (SSSR count). The molecule has 1 heterocycles. The first-order valence-electron chi connectivity index (χ1n) is 11.4. The first-order chi connectivity index (χ1) is 16.0. The minimum Gasteiger partial charge on any atom is -0.372 e. The van der Waals surface area contributed by atoms with Crippen LogP contribution in [0.4, 0.5) is 5.69 Å². The van der Waals surface area contributed by atoms with Crippen molar-refractivity contribution in [1.82, 2.24) is 9.55 Å². The predicted molar refractivity (Wildman–Crippen MR) is 140 cm³/mol. The molecule has 0 saturated heterocycles.